The van der Waals surface area contributed by atoms with Gasteiger partial charge in [0, 0.05) is 9.58 Å². The number of fused-ring (bicyclic) bond motifs is 1. The van der Waals surface area contributed by atoms with Gasteiger partial charge < -0.3 is 15.3 Å². The molecule has 2 unspecified atom stereocenters. The molecule has 1 aromatic heterocycles. The first-order chi connectivity index (χ1) is 7.65. The van der Waals surface area contributed by atoms with Gasteiger partial charge in [-0.15, -0.1) is 11.3 Å². The van der Waals surface area contributed by atoms with E-state index < -0.39 is 18.8 Å². The molecule has 0 aliphatic rings. The zero-order chi connectivity index (χ0) is 11.7. The number of aliphatic hydroxyl groups excluding tert-OH is 3. The second-order valence-electron chi connectivity index (χ2n) is 3.78. The lowest BCUT2D eigenvalue weighted by atomic mass is 10.1. The summed E-state index contributed by atoms with van der Waals surface area (Å²) >= 11 is 1.45. The third-order valence-electron chi connectivity index (χ3n) is 2.70. The van der Waals surface area contributed by atoms with Crippen LogP contribution in [0.1, 0.15) is 16.5 Å². The Morgan fingerprint density at radius 3 is 2.56 bits per heavy atom. The predicted octanol–water partition coefficient (Wildman–Crippen LogP) is 1.60. The highest BCUT2D eigenvalue weighted by Gasteiger charge is 2.22. The molecular weight excluding hydrogens is 224 g/mol. The largest absolute Gasteiger partial charge is 0.394 e. The Hall–Kier alpha value is -0.940. The number of aryl methyl sites for hydroxylation is 1. The van der Waals surface area contributed by atoms with Crippen molar-refractivity contribution in [2.75, 3.05) is 6.61 Å². The normalized spacial score (nSPS) is 15.2. The van der Waals surface area contributed by atoms with E-state index in [4.69, 9.17) is 5.11 Å². The van der Waals surface area contributed by atoms with E-state index in [1.807, 2.05) is 31.2 Å². The molecule has 0 saturated heterocycles. The zero-order valence-corrected chi connectivity index (χ0v) is 9.74. The Morgan fingerprint density at radius 1 is 1.25 bits per heavy atom. The van der Waals surface area contributed by atoms with E-state index in [9.17, 15) is 10.2 Å². The summed E-state index contributed by atoms with van der Waals surface area (Å²) in [7, 11) is 0. The highest BCUT2D eigenvalue weighted by Crippen LogP contribution is 2.35. The molecule has 0 amide bonds. The van der Waals surface area contributed by atoms with E-state index in [0.29, 0.717) is 0 Å². The van der Waals surface area contributed by atoms with Crippen LogP contribution in [0.5, 0.6) is 0 Å². The molecule has 0 aliphatic heterocycles. The number of hydrogen-bond donors (Lipinski definition) is 3. The molecule has 0 aliphatic carbocycles. The van der Waals surface area contributed by atoms with Crippen molar-refractivity contribution in [3.63, 3.8) is 0 Å². The first-order valence-electron chi connectivity index (χ1n) is 5.10. The van der Waals surface area contributed by atoms with Crippen molar-refractivity contribution in [1.29, 1.82) is 0 Å². The van der Waals surface area contributed by atoms with Gasteiger partial charge in [0.15, 0.2) is 0 Å². The summed E-state index contributed by atoms with van der Waals surface area (Å²) in [4.78, 5) is 0.725. The Bertz CT molecular complexity index is 492. The van der Waals surface area contributed by atoms with Crippen LogP contribution in [0.15, 0.2) is 24.3 Å². The van der Waals surface area contributed by atoms with Crippen molar-refractivity contribution in [3.05, 3.63) is 34.7 Å². The third-order valence-corrected chi connectivity index (χ3v) is 4.04. The van der Waals surface area contributed by atoms with Gasteiger partial charge in [-0.1, -0.05) is 18.2 Å². The molecule has 1 aromatic carbocycles. The Labute approximate surface area is 97.6 Å². The van der Waals surface area contributed by atoms with Crippen LogP contribution in [-0.4, -0.2) is 28.0 Å². The summed E-state index contributed by atoms with van der Waals surface area (Å²) in [5, 5.41) is 29.2. The maximum atomic E-state index is 9.87. The van der Waals surface area contributed by atoms with Gasteiger partial charge >= 0.3 is 0 Å². The van der Waals surface area contributed by atoms with Gasteiger partial charge in [-0.2, -0.15) is 0 Å². The Morgan fingerprint density at radius 2 is 1.94 bits per heavy atom. The van der Waals surface area contributed by atoms with Crippen molar-refractivity contribution >= 4 is 21.4 Å². The molecule has 4 heteroatoms. The van der Waals surface area contributed by atoms with E-state index in [1.165, 1.54) is 11.3 Å². The molecule has 0 bridgehead atoms. The fourth-order valence-corrected chi connectivity index (χ4v) is 3.01. The maximum absolute atomic E-state index is 9.87. The summed E-state index contributed by atoms with van der Waals surface area (Å²) in [5.74, 6) is 0. The fraction of sp³-hybridized carbons (Fsp3) is 0.333. The lowest BCUT2D eigenvalue weighted by Crippen LogP contribution is -2.21. The van der Waals surface area contributed by atoms with Crippen molar-refractivity contribution in [1.82, 2.24) is 0 Å². The van der Waals surface area contributed by atoms with Crippen molar-refractivity contribution in [2.45, 2.75) is 19.1 Å². The van der Waals surface area contributed by atoms with Crippen LogP contribution >= 0.6 is 11.3 Å². The van der Waals surface area contributed by atoms with Crippen LogP contribution < -0.4 is 0 Å². The molecule has 1 heterocycles. The molecule has 2 rings (SSSR count). The van der Waals surface area contributed by atoms with Crippen molar-refractivity contribution in [3.8, 4) is 0 Å². The molecule has 3 N–H and O–H groups in total. The monoisotopic (exact) mass is 238 g/mol. The third kappa shape index (κ3) is 1.85. The maximum Gasteiger partial charge on any atom is 0.117 e. The lowest BCUT2D eigenvalue weighted by molar-refractivity contribution is -0.0137. The average molecular weight is 238 g/mol. The standard InChI is InChI=1S/C12H14O3S/c1-7-8-4-2-3-5-10(8)16-12(7)11(15)9(14)6-13/h2-5,9,11,13-15H,6H2,1H3. The fourth-order valence-electron chi connectivity index (χ4n) is 1.75. The molecule has 0 radical (unpaired) electrons. The predicted molar refractivity (Wildman–Crippen MR) is 64.6 cm³/mol. The molecule has 3 nitrogen and oxygen atoms in total. The molecule has 0 spiro atoms. The van der Waals surface area contributed by atoms with Crippen LogP contribution in [0.25, 0.3) is 10.1 Å². The first-order valence-corrected chi connectivity index (χ1v) is 5.91. The summed E-state index contributed by atoms with van der Waals surface area (Å²) in [6.07, 6.45) is -2.13. The van der Waals surface area contributed by atoms with E-state index >= 15 is 0 Å². The van der Waals surface area contributed by atoms with Gasteiger partial charge in [-0.05, 0) is 23.9 Å². The second-order valence-corrected chi connectivity index (χ2v) is 4.87. The van der Waals surface area contributed by atoms with Gasteiger partial charge in [0.1, 0.15) is 12.2 Å². The van der Waals surface area contributed by atoms with Crippen LogP contribution in [0, 0.1) is 6.92 Å². The summed E-state index contributed by atoms with van der Waals surface area (Å²) < 4.78 is 1.08. The quantitative estimate of drug-likeness (QED) is 0.761. The number of aliphatic hydroxyl groups is 3. The summed E-state index contributed by atoms with van der Waals surface area (Å²) in [6.45, 7) is 1.48. The van der Waals surface area contributed by atoms with Crippen LogP contribution in [0.3, 0.4) is 0 Å². The minimum Gasteiger partial charge on any atom is -0.394 e. The summed E-state index contributed by atoms with van der Waals surface area (Å²) in [5.41, 5.74) is 0.973. The van der Waals surface area contributed by atoms with E-state index in [-0.39, 0.29) is 0 Å². The first kappa shape index (κ1) is 11.5. The topological polar surface area (TPSA) is 60.7 Å². The van der Waals surface area contributed by atoms with Gasteiger partial charge in [0.05, 0.1) is 6.61 Å². The smallest absolute Gasteiger partial charge is 0.117 e. The van der Waals surface area contributed by atoms with Crippen LogP contribution in [0.2, 0.25) is 0 Å². The second kappa shape index (κ2) is 4.51. The van der Waals surface area contributed by atoms with Gasteiger partial charge in [0.2, 0.25) is 0 Å². The minimum absolute atomic E-state index is 0.436. The molecular formula is C12H14O3S. The van der Waals surface area contributed by atoms with Gasteiger partial charge in [0.25, 0.3) is 0 Å². The minimum atomic E-state index is -1.12. The van der Waals surface area contributed by atoms with Crippen molar-refractivity contribution in [2.24, 2.45) is 0 Å². The van der Waals surface area contributed by atoms with Crippen LogP contribution in [-0.2, 0) is 0 Å². The molecule has 86 valence electrons. The molecule has 2 aromatic rings. The van der Waals surface area contributed by atoms with Crippen molar-refractivity contribution < 1.29 is 15.3 Å². The molecule has 2 atom stereocenters. The van der Waals surface area contributed by atoms with Gasteiger partial charge in [-0.25, -0.2) is 0 Å². The number of rotatable bonds is 3. The highest BCUT2D eigenvalue weighted by molar-refractivity contribution is 7.19. The molecule has 16 heavy (non-hydrogen) atoms. The number of thiophene rings is 1. The Kier molecular flexibility index (Phi) is 3.25. The molecule has 0 saturated carbocycles. The Balaban J connectivity index is 2.49. The number of hydrogen-bond acceptors (Lipinski definition) is 4. The van der Waals surface area contributed by atoms with Gasteiger partial charge in [-0.3, -0.25) is 0 Å². The summed E-state index contributed by atoms with van der Waals surface area (Å²) in [6, 6.07) is 7.86. The van der Waals surface area contributed by atoms with E-state index in [2.05, 4.69) is 0 Å². The van der Waals surface area contributed by atoms with E-state index in [0.717, 1.165) is 20.5 Å². The molecule has 0 fully saturated rings. The zero-order valence-electron chi connectivity index (χ0n) is 8.92. The van der Waals surface area contributed by atoms with E-state index in [1.54, 1.807) is 0 Å². The highest BCUT2D eigenvalue weighted by atomic mass is 32.1. The van der Waals surface area contributed by atoms with Crippen LogP contribution in [0.4, 0.5) is 0 Å². The number of benzene rings is 1. The lowest BCUT2D eigenvalue weighted by Gasteiger charge is -2.14. The average Bonchev–Trinajstić information content (AvgIpc) is 2.65. The SMILES string of the molecule is Cc1c(C(O)C(O)CO)sc2ccccc12.